The van der Waals surface area contributed by atoms with Gasteiger partial charge < -0.3 is 24.7 Å². The predicted octanol–water partition coefficient (Wildman–Crippen LogP) is 3.46. The molecule has 1 aromatic rings. The van der Waals surface area contributed by atoms with E-state index in [1.54, 1.807) is 20.8 Å². The lowest BCUT2D eigenvalue weighted by atomic mass is 9.73. The zero-order valence-electron chi connectivity index (χ0n) is 25.2. The van der Waals surface area contributed by atoms with Gasteiger partial charge in [-0.05, 0) is 58.4 Å². The molecule has 0 spiro atoms. The van der Waals surface area contributed by atoms with Crippen LogP contribution in [0.4, 0.5) is 0 Å². The largest absolute Gasteiger partial charge is 0.458 e. The Balaban J connectivity index is 1.93. The zero-order valence-corrected chi connectivity index (χ0v) is 26.0. The van der Waals surface area contributed by atoms with Gasteiger partial charge in [0.2, 0.25) is 5.91 Å². The van der Waals surface area contributed by atoms with Gasteiger partial charge in [-0.2, -0.15) is 0 Å². The number of hydrogen-bond acceptors (Lipinski definition) is 9. The molecule has 2 aliphatic heterocycles. The zero-order chi connectivity index (χ0) is 29.9. The number of rotatable bonds is 4. The number of carbonyl (C=O) groups excluding carboxylic acids is 3. The van der Waals surface area contributed by atoms with Crippen molar-refractivity contribution in [1.82, 2.24) is 14.8 Å². The van der Waals surface area contributed by atoms with E-state index in [0.717, 1.165) is 29.1 Å². The molecule has 0 aliphatic carbocycles. The highest BCUT2D eigenvalue weighted by molar-refractivity contribution is 7.09. The van der Waals surface area contributed by atoms with Gasteiger partial charge in [0.15, 0.2) is 0 Å². The third-order valence-electron chi connectivity index (χ3n) is 8.55. The maximum atomic E-state index is 13.3. The van der Waals surface area contributed by atoms with E-state index < -0.39 is 35.6 Å². The van der Waals surface area contributed by atoms with Crippen molar-refractivity contribution in [2.45, 2.75) is 104 Å². The topological polar surface area (TPSA) is 120 Å². The average Bonchev–Trinajstić information content (AvgIpc) is 3.39. The Labute approximate surface area is 242 Å². The summed E-state index contributed by atoms with van der Waals surface area (Å²) >= 11 is 1.54. The van der Waals surface area contributed by atoms with Gasteiger partial charge >= 0.3 is 5.97 Å². The normalized spacial score (nSPS) is 32.5. The van der Waals surface area contributed by atoms with Crippen molar-refractivity contribution in [1.29, 1.82) is 0 Å². The highest BCUT2D eigenvalue weighted by Crippen LogP contribution is 2.39. The molecule has 1 aromatic heterocycles. The maximum absolute atomic E-state index is 13.3. The van der Waals surface area contributed by atoms with Gasteiger partial charge in [-0.15, -0.1) is 11.3 Å². The summed E-state index contributed by atoms with van der Waals surface area (Å²) in [6.45, 7) is 11.0. The fourth-order valence-corrected chi connectivity index (χ4v) is 6.39. The number of esters is 1. The molecular formula is C30H47N3O6S. The molecule has 3 heterocycles. The highest BCUT2D eigenvalue weighted by atomic mass is 32.1. The van der Waals surface area contributed by atoms with Crippen LogP contribution in [-0.4, -0.2) is 93.7 Å². The number of hydrogen-bond donors (Lipinski definition) is 2. The molecule has 0 radical (unpaired) electrons. The third-order valence-corrected chi connectivity index (χ3v) is 9.35. The van der Waals surface area contributed by atoms with Crippen molar-refractivity contribution in [3.63, 3.8) is 0 Å². The van der Waals surface area contributed by atoms with Crippen LogP contribution in [0, 0.1) is 24.2 Å². The smallest absolute Gasteiger partial charge is 0.309 e. The minimum Gasteiger partial charge on any atom is -0.458 e. The number of nitrogens with zero attached hydrogens (tertiary/aromatic N) is 3. The van der Waals surface area contributed by atoms with Gasteiger partial charge in [0.1, 0.15) is 11.9 Å². The monoisotopic (exact) mass is 577 g/mol. The highest BCUT2D eigenvalue weighted by Gasteiger charge is 2.51. The Bertz CT molecular complexity index is 1100. The molecule has 2 saturated heterocycles. The summed E-state index contributed by atoms with van der Waals surface area (Å²) in [6, 6.07) is -0.0652. The first-order chi connectivity index (χ1) is 18.6. The number of aryl methyl sites for hydroxylation is 1. The molecule has 0 bridgehead atoms. The van der Waals surface area contributed by atoms with Crippen LogP contribution in [-0.2, 0) is 19.1 Å². The molecule has 2 N–H and O–H groups in total. The van der Waals surface area contributed by atoms with E-state index in [1.807, 2.05) is 56.1 Å². The summed E-state index contributed by atoms with van der Waals surface area (Å²) in [7, 11) is 3.72. The van der Waals surface area contributed by atoms with Crippen molar-refractivity contribution >= 4 is 35.1 Å². The Morgan fingerprint density at radius 3 is 2.50 bits per heavy atom. The van der Waals surface area contributed by atoms with Gasteiger partial charge in [0.05, 0.1) is 53.4 Å². The predicted molar refractivity (Wildman–Crippen MR) is 156 cm³/mol. The molecular weight excluding hydrogens is 530 g/mol. The summed E-state index contributed by atoms with van der Waals surface area (Å²) in [5, 5.41) is 24.8. The number of ether oxygens (including phenoxy) is 1. The molecule has 2 aliphatic rings. The number of Topliss-reactive ketones (excluding diaryl/α,β-unsaturated/α-hetero) is 1. The summed E-state index contributed by atoms with van der Waals surface area (Å²) in [5.74, 6) is -1.70. The quantitative estimate of drug-likeness (QED) is 0.413. The molecule has 7 unspecified atom stereocenters. The van der Waals surface area contributed by atoms with Gasteiger partial charge in [-0.25, -0.2) is 4.98 Å². The Kier molecular flexibility index (Phi) is 10.7. The van der Waals surface area contributed by atoms with Crippen LogP contribution in [0.2, 0.25) is 0 Å². The van der Waals surface area contributed by atoms with E-state index in [1.165, 1.54) is 11.3 Å². The van der Waals surface area contributed by atoms with E-state index in [0.29, 0.717) is 19.4 Å². The van der Waals surface area contributed by atoms with Gasteiger partial charge in [0, 0.05) is 17.7 Å². The van der Waals surface area contributed by atoms with Gasteiger partial charge in [0.25, 0.3) is 0 Å². The first kappa shape index (κ1) is 32.4. The summed E-state index contributed by atoms with van der Waals surface area (Å²) in [4.78, 5) is 47.8. The standard InChI is InChI=1S/C30H47N3O6S/c1-17-10-9-11-22-23(33(22)26(35)15-32(7)8)13-24(18(2)12-21-16-40-20(4)31-21)39-27(36)14-25(34)30(5,6)29(38)19(3)28(17)37/h12,16-17,19,22-25,28,34,37H,9-11,13-15H2,1-8H3/b18-12+. The average molecular weight is 578 g/mol. The number of amides is 1. The van der Waals surface area contributed by atoms with Gasteiger partial charge in [-0.1, -0.05) is 34.1 Å². The lowest BCUT2D eigenvalue weighted by Gasteiger charge is -2.34. The molecule has 1 amide bonds. The fraction of sp³-hybridized carbons (Fsp3) is 0.733. The number of carbonyl (C=O) groups is 3. The minimum atomic E-state index is -1.27. The third kappa shape index (κ3) is 7.78. The number of aromatic nitrogens is 1. The maximum Gasteiger partial charge on any atom is 0.309 e. The van der Waals surface area contributed by atoms with Crippen LogP contribution in [0.15, 0.2) is 11.0 Å². The van der Waals surface area contributed by atoms with E-state index >= 15 is 0 Å². The second-order valence-corrected chi connectivity index (χ2v) is 13.6. The van der Waals surface area contributed by atoms with Crippen molar-refractivity contribution < 1.29 is 29.3 Å². The molecule has 2 fully saturated rings. The van der Waals surface area contributed by atoms with Crippen molar-refractivity contribution in [2.75, 3.05) is 20.6 Å². The van der Waals surface area contributed by atoms with Crippen LogP contribution in [0.3, 0.4) is 0 Å². The van der Waals surface area contributed by atoms with Crippen molar-refractivity contribution in [2.24, 2.45) is 17.3 Å². The first-order valence-electron chi connectivity index (χ1n) is 14.3. The molecule has 40 heavy (non-hydrogen) atoms. The number of ketones is 1. The number of likely N-dealkylation sites (N-methyl/N-ethyl adjacent to an activating group) is 1. The Hall–Kier alpha value is -2.14. The van der Waals surface area contributed by atoms with Crippen LogP contribution < -0.4 is 0 Å². The van der Waals surface area contributed by atoms with Crippen LogP contribution in [0.1, 0.15) is 77.4 Å². The molecule has 224 valence electrons. The minimum absolute atomic E-state index is 0.0174. The molecule has 7 atom stereocenters. The van der Waals surface area contributed by atoms with E-state index in [-0.39, 0.29) is 36.1 Å². The number of cyclic esters (lactones) is 1. The van der Waals surface area contributed by atoms with E-state index in [9.17, 15) is 24.6 Å². The molecule has 0 aromatic carbocycles. The number of aliphatic hydroxyl groups excluding tert-OH is 2. The second-order valence-electron chi connectivity index (χ2n) is 12.6. The Morgan fingerprint density at radius 1 is 1.23 bits per heavy atom. The molecule has 10 heteroatoms. The van der Waals surface area contributed by atoms with Gasteiger partial charge in [-0.3, -0.25) is 14.4 Å². The lowest BCUT2D eigenvalue weighted by Crippen LogP contribution is -2.45. The molecule has 3 rings (SSSR count). The SMILES string of the molecule is C/C(=C\c1csc(C)n1)C1CC2C(CCCC(C)C(O)C(C)C(=O)C(C)(C)C(O)CC(=O)O1)N2C(=O)CN(C)C. The van der Waals surface area contributed by atoms with Crippen LogP contribution in [0.5, 0.6) is 0 Å². The van der Waals surface area contributed by atoms with Crippen molar-refractivity contribution in [3.8, 4) is 0 Å². The number of aliphatic hydroxyl groups is 2. The summed E-state index contributed by atoms with van der Waals surface area (Å²) in [6.07, 6.45) is 1.49. The molecule has 9 nitrogen and oxygen atoms in total. The summed E-state index contributed by atoms with van der Waals surface area (Å²) < 4.78 is 5.96. The second kappa shape index (κ2) is 13.2. The lowest BCUT2D eigenvalue weighted by molar-refractivity contribution is -0.154. The number of thiazole rings is 1. The Morgan fingerprint density at radius 2 is 1.90 bits per heavy atom. The number of fused-ring (bicyclic) bond motifs is 1. The van der Waals surface area contributed by atoms with Crippen molar-refractivity contribution in [3.05, 3.63) is 21.7 Å². The van der Waals surface area contributed by atoms with E-state index in [2.05, 4.69) is 4.98 Å². The van der Waals surface area contributed by atoms with E-state index in [4.69, 9.17) is 4.74 Å². The van der Waals surface area contributed by atoms with Crippen LogP contribution >= 0.6 is 11.3 Å². The first-order valence-corrected chi connectivity index (χ1v) is 15.2. The fourth-order valence-electron chi connectivity index (χ4n) is 5.82. The molecule has 0 saturated carbocycles. The summed E-state index contributed by atoms with van der Waals surface area (Å²) in [5.41, 5.74) is 0.344. The van der Waals surface area contributed by atoms with Crippen LogP contribution in [0.25, 0.3) is 6.08 Å².